The van der Waals surface area contributed by atoms with Crippen LogP contribution in [0.1, 0.15) is 6.92 Å². The number of carbonyl (C=O) groups is 1. The average Bonchev–Trinajstić information content (AvgIpc) is 2.24. The van der Waals surface area contributed by atoms with E-state index in [0.717, 1.165) is 13.0 Å². The third-order valence-corrected chi connectivity index (χ3v) is 3.69. The van der Waals surface area contributed by atoms with Crippen LogP contribution < -0.4 is 4.72 Å². The summed E-state index contributed by atoms with van der Waals surface area (Å²) < 4.78 is 51.1. The summed E-state index contributed by atoms with van der Waals surface area (Å²) in [5, 5.41) is 17.9. The van der Waals surface area contributed by atoms with E-state index >= 15 is 0 Å². The van der Waals surface area contributed by atoms with E-state index in [0.29, 0.717) is 12.1 Å². The van der Waals surface area contributed by atoms with Crippen molar-refractivity contribution in [3.8, 4) is 0 Å². The third kappa shape index (κ3) is 3.69. The Balaban J connectivity index is 3.14. The minimum Gasteiger partial charge on any atom is -0.480 e. The zero-order valence-corrected chi connectivity index (χ0v) is 10.5. The van der Waals surface area contributed by atoms with Gasteiger partial charge in [0.25, 0.3) is 0 Å². The van der Waals surface area contributed by atoms with Gasteiger partial charge in [-0.15, -0.1) is 0 Å². The van der Waals surface area contributed by atoms with Crippen LogP contribution in [0.3, 0.4) is 0 Å². The number of rotatable bonds is 5. The molecule has 3 N–H and O–H groups in total. The molecule has 9 heteroatoms. The Morgan fingerprint density at radius 1 is 1.37 bits per heavy atom. The molecular weight excluding hydrogens is 284 g/mol. The Morgan fingerprint density at radius 2 is 1.95 bits per heavy atom. The monoisotopic (exact) mass is 295 g/mol. The maximum atomic E-state index is 13.3. The molecule has 0 spiro atoms. The molecule has 106 valence electrons. The van der Waals surface area contributed by atoms with Crippen molar-refractivity contribution >= 4 is 16.0 Å². The summed E-state index contributed by atoms with van der Waals surface area (Å²) in [7, 11) is -4.53. The van der Waals surface area contributed by atoms with Gasteiger partial charge in [-0.1, -0.05) is 0 Å². The lowest BCUT2D eigenvalue weighted by Gasteiger charge is -2.17. The first-order chi connectivity index (χ1) is 8.65. The van der Waals surface area contributed by atoms with E-state index in [9.17, 15) is 22.0 Å². The number of hydrogen-bond donors (Lipinski definition) is 3. The molecule has 2 atom stereocenters. The standard InChI is InChI=1S/C10H11F2NO5S/c1-5(14)9(10(15)16)13-19(17,18)8-3-2-6(11)4-7(8)12/h2-5,9,13-14H,1H3,(H,15,16)/t5-,9+/m1/s1. The molecule has 0 aromatic heterocycles. The quantitative estimate of drug-likeness (QED) is 0.713. The van der Waals surface area contributed by atoms with Gasteiger partial charge in [0, 0.05) is 6.07 Å². The topological polar surface area (TPSA) is 104 Å². The smallest absolute Gasteiger partial charge is 0.324 e. The first-order valence-electron chi connectivity index (χ1n) is 5.03. The summed E-state index contributed by atoms with van der Waals surface area (Å²) in [5.41, 5.74) is 0. The highest BCUT2D eigenvalue weighted by Gasteiger charge is 2.30. The van der Waals surface area contributed by atoms with Gasteiger partial charge in [-0.2, -0.15) is 4.72 Å². The molecule has 0 radical (unpaired) electrons. The van der Waals surface area contributed by atoms with Gasteiger partial charge in [-0.25, -0.2) is 17.2 Å². The molecule has 0 saturated heterocycles. The molecule has 0 aliphatic rings. The van der Waals surface area contributed by atoms with Crippen LogP contribution in [-0.4, -0.2) is 36.7 Å². The molecule has 1 aromatic rings. The highest BCUT2D eigenvalue weighted by atomic mass is 32.2. The molecule has 0 aliphatic heterocycles. The number of nitrogens with one attached hydrogen (secondary N) is 1. The number of aliphatic hydroxyl groups is 1. The van der Waals surface area contributed by atoms with Crippen LogP contribution in [0.25, 0.3) is 0 Å². The van der Waals surface area contributed by atoms with Gasteiger partial charge >= 0.3 is 5.97 Å². The Morgan fingerprint density at radius 3 is 2.37 bits per heavy atom. The molecule has 0 fully saturated rings. The third-order valence-electron chi connectivity index (χ3n) is 2.21. The molecular formula is C10H11F2NO5S. The van der Waals surface area contributed by atoms with Crippen molar-refractivity contribution < 1.29 is 32.2 Å². The molecule has 1 aromatic carbocycles. The lowest BCUT2D eigenvalue weighted by Crippen LogP contribution is -2.47. The van der Waals surface area contributed by atoms with Crippen molar-refractivity contribution in [2.45, 2.75) is 24.0 Å². The van der Waals surface area contributed by atoms with E-state index in [-0.39, 0.29) is 0 Å². The van der Waals surface area contributed by atoms with Crippen LogP contribution >= 0.6 is 0 Å². The van der Waals surface area contributed by atoms with E-state index in [1.54, 1.807) is 4.72 Å². The van der Waals surface area contributed by atoms with Gasteiger partial charge in [0.15, 0.2) is 0 Å². The Bertz CT molecular complexity index is 588. The van der Waals surface area contributed by atoms with Crippen molar-refractivity contribution in [2.24, 2.45) is 0 Å². The number of aliphatic carboxylic acids is 1. The molecule has 6 nitrogen and oxygen atoms in total. The summed E-state index contributed by atoms with van der Waals surface area (Å²) in [6.07, 6.45) is -1.53. The largest absolute Gasteiger partial charge is 0.480 e. The van der Waals surface area contributed by atoms with Crippen LogP contribution in [0.15, 0.2) is 23.1 Å². The van der Waals surface area contributed by atoms with Crippen LogP contribution in [0.2, 0.25) is 0 Å². The maximum absolute atomic E-state index is 13.3. The van der Waals surface area contributed by atoms with Crippen molar-refractivity contribution in [1.29, 1.82) is 0 Å². The van der Waals surface area contributed by atoms with E-state index in [1.165, 1.54) is 0 Å². The molecule has 19 heavy (non-hydrogen) atoms. The number of sulfonamides is 1. The Kier molecular flexibility index (Phi) is 4.56. The van der Waals surface area contributed by atoms with Crippen LogP contribution in [0.5, 0.6) is 0 Å². The molecule has 1 rings (SSSR count). The fourth-order valence-corrected chi connectivity index (χ4v) is 2.60. The highest BCUT2D eigenvalue weighted by molar-refractivity contribution is 7.89. The van der Waals surface area contributed by atoms with Gasteiger partial charge in [0.1, 0.15) is 22.6 Å². The van der Waals surface area contributed by atoms with Crippen molar-refractivity contribution in [3.05, 3.63) is 29.8 Å². The van der Waals surface area contributed by atoms with E-state index in [4.69, 9.17) is 10.2 Å². The second-order valence-electron chi connectivity index (χ2n) is 3.75. The average molecular weight is 295 g/mol. The first kappa shape index (κ1) is 15.5. The minimum absolute atomic E-state index is 0.354. The predicted octanol–water partition coefficient (Wildman–Crippen LogP) is 0.0771. The molecule has 0 heterocycles. The SMILES string of the molecule is C[C@@H](O)[C@H](NS(=O)(=O)c1ccc(F)cc1F)C(=O)O. The summed E-state index contributed by atoms with van der Waals surface area (Å²) in [4.78, 5) is 9.85. The zero-order chi connectivity index (χ0) is 14.8. The maximum Gasteiger partial charge on any atom is 0.324 e. The Labute approximate surface area is 107 Å². The summed E-state index contributed by atoms with van der Waals surface area (Å²) in [5.74, 6) is -3.95. The van der Waals surface area contributed by atoms with Crippen LogP contribution in [-0.2, 0) is 14.8 Å². The first-order valence-corrected chi connectivity index (χ1v) is 6.51. The Hall–Kier alpha value is -1.58. The van der Waals surface area contributed by atoms with Crippen LogP contribution in [0.4, 0.5) is 8.78 Å². The van der Waals surface area contributed by atoms with Gasteiger partial charge in [0.05, 0.1) is 6.10 Å². The summed E-state index contributed by atoms with van der Waals surface area (Å²) in [6, 6.07) is -0.106. The number of aliphatic hydroxyl groups excluding tert-OH is 1. The second kappa shape index (κ2) is 5.59. The summed E-state index contributed by atoms with van der Waals surface area (Å²) >= 11 is 0. The van der Waals surface area contributed by atoms with Gasteiger partial charge < -0.3 is 10.2 Å². The van der Waals surface area contributed by atoms with Crippen molar-refractivity contribution in [3.63, 3.8) is 0 Å². The predicted molar refractivity (Wildman–Crippen MR) is 59.8 cm³/mol. The number of halogens is 2. The number of carboxylic acid groups (broad SMARTS) is 1. The van der Waals surface area contributed by atoms with E-state index < -0.39 is 44.7 Å². The van der Waals surface area contributed by atoms with Crippen LogP contribution in [0, 0.1) is 11.6 Å². The fourth-order valence-electron chi connectivity index (χ4n) is 1.28. The van der Waals surface area contributed by atoms with Crippen molar-refractivity contribution in [1.82, 2.24) is 4.72 Å². The fraction of sp³-hybridized carbons (Fsp3) is 0.300. The number of carboxylic acids is 1. The molecule has 0 bridgehead atoms. The molecule has 0 amide bonds. The molecule has 0 unspecified atom stereocenters. The number of hydrogen-bond acceptors (Lipinski definition) is 4. The van der Waals surface area contributed by atoms with Crippen molar-refractivity contribution in [2.75, 3.05) is 0 Å². The van der Waals surface area contributed by atoms with E-state index in [2.05, 4.69) is 0 Å². The van der Waals surface area contributed by atoms with Gasteiger partial charge in [-0.05, 0) is 19.1 Å². The molecule has 0 saturated carbocycles. The van der Waals surface area contributed by atoms with Gasteiger partial charge in [0.2, 0.25) is 10.0 Å². The molecule has 0 aliphatic carbocycles. The lowest BCUT2D eigenvalue weighted by atomic mass is 10.2. The highest BCUT2D eigenvalue weighted by Crippen LogP contribution is 2.16. The summed E-state index contributed by atoms with van der Waals surface area (Å²) in [6.45, 7) is 1.06. The number of benzene rings is 1. The normalized spacial score (nSPS) is 14.9. The lowest BCUT2D eigenvalue weighted by molar-refractivity contribution is -0.141. The zero-order valence-electron chi connectivity index (χ0n) is 9.67. The van der Waals surface area contributed by atoms with Gasteiger partial charge in [-0.3, -0.25) is 4.79 Å². The second-order valence-corrected chi connectivity index (χ2v) is 5.43. The van der Waals surface area contributed by atoms with E-state index in [1.807, 2.05) is 0 Å². The minimum atomic E-state index is -4.53.